The van der Waals surface area contributed by atoms with E-state index in [2.05, 4.69) is 40.6 Å². The van der Waals surface area contributed by atoms with Crippen molar-refractivity contribution in [2.75, 3.05) is 0 Å². The van der Waals surface area contributed by atoms with Crippen LogP contribution in [0.3, 0.4) is 0 Å². The number of benzene rings is 2. The lowest BCUT2D eigenvalue weighted by atomic mass is 10.1. The van der Waals surface area contributed by atoms with Gasteiger partial charge in [-0.1, -0.05) is 55.5 Å². The van der Waals surface area contributed by atoms with Crippen LogP contribution in [0.5, 0.6) is 0 Å². The molecule has 8 heteroatoms. The number of unbranched alkanes of at least 4 members (excludes halogenated alkanes) is 1. The minimum absolute atomic E-state index is 0.0187. The molecule has 6 nitrogen and oxygen atoms in total. The number of nitrogens with one attached hydrogen (secondary N) is 2. The summed E-state index contributed by atoms with van der Waals surface area (Å²) < 4.78 is 28.2. The molecule has 2 heterocycles. The second kappa shape index (κ2) is 10.9. The van der Waals surface area contributed by atoms with E-state index in [1.165, 1.54) is 11.6 Å². The van der Waals surface area contributed by atoms with Crippen LogP contribution in [0.15, 0.2) is 70.4 Å². The summed E-state index contributed by atoms with van der Waals surface area (Å²) in [5.74, 6) is 4.82. The highest BCUT2D eigenvalue weighted by molar-refractivity contribution is 7.91. The van der Waals surface area contributed by atoms with Crippen LogP contribution >= 0.6 is 11.3 Å². The molecule has 0 saturated carbocycles. The van der Waals surface area contributed by atoms with Crippen molar-refractivity contribution >= 4 is 38.2 Å². The number of aromatic nitrogens is 1. The summed E-state index contributed by atoms with van der Waals surface area (Å²) in [5.41, 5.74) is 4.28. The lowest BCUT2D eigenvalue weighted by Crippen LogP contribution is -2.42. The summed E-state index contributed by atoms with van der Waals surface area (Å²) in [6, 6.07) is 15.7. The van der Waals surface area contributed by atoms with Gasteiger partial charge in [-0.25, -0.2) is 8.42 Å². The zero-order valence-corrected chi connectivity index (χ0v) is 20.9. The third-order valence-corrected chi connectivity index (χ3v) is 8.57. The van der Waals surface area contributed by atoms with Crippen molar-refractivity contribution in [3.05, 3.63) is 88.4 Å². The minimum Gasteiger partial charge on any atom is -0.480 e. The fourth-order valence-electron chi connectivity index (χ4n) is 3.75. The van der Waals surface area contributed by atoms with E-state index < -0.39 is 22.0 Å². The third kappa shape index (κ3) is 6.20. The normalized spacial score (nSPS) is 12.3. The minimum atomic E-state index is -4.03. The summed E-state index contributed by atoms with van der Waals surface area (Å²) in [6.45, 7) is 2.16. The summed E-state index contributed by atoms with van der Waals surface area (Å²) in [7, 11) is -4.03. The number of aliphatic carboxylic acids is 1. The Hall–Kier alpha value is -3.38. The van der Waals surface area contributed by atoms with Gasteiger partial charge in [0.05, 0.1) is 0 Å². The Labute approximate surface area is 209 Å². The lowest BCUT2D eigenvalue weighted by molar-refractivity contribution is -0.138. The van der Waals surface area contributed by atoms with Crippen molar-refractivity contribution in [3.63, 3.8) is 0 Å². The second-order valence-corrected chi connectivity index (χ2v) is 11.1. The summed E-state index contributed by atoms with van der Waals surface area (Å²) >= 11 is 1.02. The molecule has 2 aromatic heterocycles. The molecule has 0 fully saturated rings. The number of hydrogen-bond donors (Lipinski definition) is 3. The molecule has 0 bridgehead atoms. The average molecular weight is 507 g/mol. The van der Waals surface area contributed by atoms with E-state index in [1.807, 2.05) is 36.4 Å². The van der Waals surface area contributed by atoms with Gasteiger partial charge in [-0.05, 0) is 48.2 Å². The molecule has 1 atom stereocenters. The first-order valence-electron chi connectivity index (χ1n) is 11.4. The Morgan fingerprint density at radius 2 is 1.86 bits per heavy atom. The van der Waals surface area contributed by atoms with Crippen molar-refractivity contribution in [1.29, 1.82) is 0 Å². The number of aromatic amines is 1. The Kier molecular flexibility index (Phi) is 7.71. The van der Waals surface area contributed by atoms with Gasteiger partial charge in [0.2, 0.25) is 0 Å². The molecule has 3 N–H and O–H groups in total. The predicted octanol–water partition coefficient (Wildman–Crippen LogP) is 4.95. The third-order valence-electron chi connectivity index (χ3n) is 5.66. The van der Waals surface area contributed by atoms with E-state index in [0.717, 1.165) is 52.6 Å². The fraction of sp³-hybridized carbons (Fsp3) is 0.222. The average Bonchev–Trinajstić information content (AvgIpc) is 3.49. The number of carbonyl (C=O) groups is 1. The maximum Gasteiger partial charge on any atom is 0.322 e. The van der Waals surface area contributed by atoms with Crippen molar-refractivity contribution in [2.24, 2.45) is 0 Å². The molecule has 0 aliphatic rings. The van der Waals surface area contributed by atoms with Crippen LogP contribution in [0.4, 0.5) is 0 Å². The molecule has 35 heavy (non-hydrogen) atoms. The van der Waals surface area contributed by atoms with Crippen LogP contribution < -0.4 is 4.72 Å². The highest BCUT2D eigenvalue weighted by Gasteiger charge is 2.27. The monoisotopic (exact) mass is 506 g/mol. The molecular formula is C27H26N2O4S2. The number of fused-ring (bicyclic) bond motifs is 1. The first-order valence-corrected chi connectivity index (χ1v) is 13.7. The number of hydrogen-bond acceptors (Lipinski definition) is 4. The molecular weight excluding hydrogens is 480 g/mol. The van der Waals surface area contributed by atoms with E-state index in [4.69, 9.17) is 0 Å². The van der Waals surface area contributed by atoms with Crippen LogP contribution in [-0.4, -0.2) is 30.5 Å². The van der Waals surface area contributed by atoms with Gasteiger partial charge >= 0.3 is 5.97 Å². The molecule has 0 unspecified atom stereocenters. The van der Waals surface area contributed by atoms with Gasteiger partial charge in [-0.15, -0.1) is 11.3 Å². The molecule has 2 aromatic carbocycles. The van der Waals surface area contributed by atoms with E-state index in [0.29, 0.717) is 5.56 Å². The second-order valence-electron chi connectivity index (χ2n) is 8.28. The maximum atomic E-state index is 12.9. The van der Waals surface area contributed by atoms with Crippen LogP contribution in [-0.2, 0) is 27.7 Å². The molecule has 180 valence electrons. The summed E-state index contributed by atoms with van der Waals surface area (Å²) in [4.78, 5) is 14.9. The van der Waals surface area contributed by atoms with Gasteiger partial charge in [0.1, 0.15) is 10.3 Å². The molecule has 0 aliphatic carbocycles. The van der Waals surface area contributed by atoms with Gasteiger partial charge in [0.15, 0.2) is 0 Å². The van der Waals surface area contributed by atoms with Crippen molar-refractivity contribution in [1.82, 2.24) is 9.71 Å². The SMILES string of the molecule is CCCCc1ccc(C#Cc2csc(S(=O)(=O)N[C@H](Cc3c[nH]c4ccccc34)C(=O)O)c2)cc1. The summed E-state index contributed by atoms with van der Waals surface area (Å²) in [5, 5.41) is 12.2. The van der Waals surface area contributed by atoms with Gasteiger partial charge in [0, 0.05) is 40.0 Å². The molecule has 0 amide bonds. The predicted molar refractivity (Wildman–Crippen MR) is 139 cm³/mol. The molecule has 4 aromatic rings. The highest BCUT2D eigenvalue weighted by Crippen LogP contribution is 2.22. The first-order chi connectivity index (χ1) is 16.9. The van der Waals surface area contributed by atoms with Crippen LogP contribution in [0.2, 0.25) is 0 Å². The number of thiophene rings is 1. The quantitative estimate of drug-likeness (QED) is 0.280. The smallest absolute Gasteiger partial charge is 0.322 e. The van der Waals surface area contributed by atoms with Crippen LogP contribution in [0, 0.1) is 11.8 Å². The largest absolute Gasteiger partial charge is 0.480 e. The van der Waals surface area contributed by atoms with Crippen molar-refractivity contribution in [3.8, 4) is 11.8 Å². The number of para-hydroxylation sites is 1. The number of carboxylic acids is 1. The molecule has 0 aliphatic heterocycles. The zero-order chi connectivity index (χ0) is 24.8. The standard InChI is InChI=1S/C27H26N2O4S2/c1-2-3-6-19-9-11-20(12-10-19)13-14-21-15-26(34-18-21)35(32,33)29-25(27(30)31)16-22-17-28-24-8-5-4-7-23(22)24/h4-5,7-12,15,17-18,25,28-29H,2-3,6,16H2,1H3,(H,30,31)/t25-/m1/s1. The number of rotatable bonds is 9. The Morgan fingerprint density at radius 3 is 2.60 bits per heavy atom. The molecule has 0 spiro atoms. The maximum absolute atomic E-state index is 12.9. The Balaban J connectivity index is 1.46. The van der Waals surface area contributed by atoms with Crippen LogP contribution in [0.25, 0.3) is 10.9 Å². The number of sulfonamides is 1. The molecule has 4 rings (SSSR count). The summed E-state index contributed by atoms with van der Waals surface area (Å²) in [6.07, 6.45) is 5.07. The van der Waals surface area contributed by atoms with E-state index in [1.54, 1.807) is 11.6 Å². The number of H-pyrrole nitrogens is 1. The van der Waals surface area contributed by atoms with E-state index in [9.17, 15) is 18.3 Å². The van der Waals surface area contributed by atoms with Gasteiger partial charge in [0.25, 0.3) is 10.0 Å². The van der Waals surface area contributed by atoms with Gasteiger partial charge < -0.3 is 10.1 Å². The van der Waals surface area contributed by atoms with Crippen molar-refractivity contribution in [2.45, 2.75) is 42.9 Å². The Morgan fingerprint density at radius 1 is 1.11 bits per heavy atom. The first kappa shape index (κ1) is 24.7. The lowest BCUT2D eigenvalue weighted by Gasteiger charge is -2.13. The zero-order valence-electron chi connectivity index (χ0n) is 19.2. The molecule has 0 saturated heterocycles. The fourth-order valence-corrected chi connectivity index (χ4v) is 6.07. The number of aryl methyl sites for hydroxylation is 1. The number of carboxylic acid groups (broad SMARTS) is 1. The topological polar surface area (TPSA) is 99.3 Å². The molecule has 0 radical (unpaired) electrons. The Bertz CT molecular complexity index is 1490. The van der Waals surface area contributed by atoms with E-state index in [-0.39, 0.29) is 10.6 Å². The van der Waals surface area contributed by atoms with Crippen molar-refractivity contribution < 1.29 is 18.3 Å². The highest BCUT2D eigenvalue weighted by atomic mass is 32.2. The van der Waals surface area contributed by atoms with Crippen LogP contribution in [0.1, 0.15) is 42.0 Å². The van der Waals surface area contributed by atoms with Gasteiger partial charge in [-0.2, -0.15) is 4.72 Å². The van der Waals surface area contributed by atoms with E-state index >= 15 is 0 Å². The van der Waals surface area contributed by atoms with Gasteiger partial charge in [-0.3, -0.25) is 4.79 Å².